The van der Waals surface area contributed by atoms with Crippen molar-refractivity contribution < 1.29 is 4.42 Å². The summed E-state index contributed by atoms with van der Waals surface area (Å²) >= 11 is 6.29. The molecule has 0 radical (unpaired) electrons. The van der Waals surface area contributed by atoms with E-state index in [0.29, 0.717) is 16.8 Å². The third-order valence-electron chi connectivity index (χ3n) is 4.83. The first-order valence-corrected chi connectivity index (χ1v) is 9.47. The van der Waals surface area contributed by atoms with Crippen LogP contribution in [-0.2, 0) is 0 Å². The third-order valence-corrected chi connectivity index (χ3v) is 5.16. The van der Waals surface area contributed by atoms with E-state index in [4.69, 9.17) is 16.0 Å². The molecule has 0 bridgehead atoms. The Labute approximate surface area is 169 Å². The molecule has 1 N–H and O–H groups in total. The van der Waals surface area contributed by atoms with Gasteiger partial charge in [0.2, 0.25) is 11.8 Å². The van der Waals surface area contributed by atoms with E-state index < -0.39 is 0 Å². The first-order valence-electron chi connectivity index (χ1n) is 9.09. The molecule has 0 spiro atoms. The molecule has 0 unspecified atom stereocenters. The van der Waals surface area contributed by atoms with Gasteiger partial charge in [-0.3, -0.25) is 0 Å². The monoisotopic (exact) mass is 389 g/mol. The molecule has 4 aromatic rings. The summed E-state index contributed by atoms with van der Waals surface area (Å²) in [7, 11) is 0. The topological polar surface area (TPSA) is 51.0 Å². The number of anilines is 1. The standard InChI is InChI=1S/C23H20ClN3O/c1-15-9-8-14-20(16(15)2)25-21(17-10-4-3-5-11-17)23-27-26-22(28-23)18-12-6-7-13-19(18)24/h3-14,21,25H,1-2H3/t21-/m0/s1. The zero-order valence-corrected chi connectivity index (χ0v) is 16.4. The summed E-state index contributed by atoms with van der Waals surface area (Å²) in [6, 6.07) is 23.4. The van der Waals surface area contributed by atoms with E-state index in [1.165, 1.54) is 11.1 Å². The van der Waals surface area contributed by atoms with Gasteiger partial charge in [-0.1, -0.05) is 66.2 Å². The fourth-order valence-corrected chi connectivity index (χ4v) is 3.31. The molecule has 140 valence electrons. The van der Waals surface area contributed by atoms with Crippen molar-refractivity contribution in [2.24, 2.45) is 0 Å². The third kappa shape index (κ3) is 3.64. The maximum atomic E-state index is 6.29. The van der Waals surface area contributed by atoms with Crippen LogP contribution in [-0.4, -0.2) is 10.2 Å². The molecule has 4 rings (SSSR count). The van der Waals surface area contributed by atoms with E-state index in [2.05, 4.69) is 41.5 Å². The predicted molar refractivity (Wildman–Crippen MR) is 113 cm³/mol. The fourth-order valence-electron chi connectivity index (χ4n) is 3.09. The number of nitrogens with one attached hydrogen (secondary N) is 1. The van der Waals surface area contributed by atoms with Gasteiger partial charge in [0.15, 0.2) is 0 Å². The lowest BCUT2D eigenvalue weighted by molar-refractivity contribution is 0.494. The molecule has 1 heterocycles. The number of aryl methyl sites for hydroxylation is 1. The number of hydrogen-bond acceptors (Lipinski definition) is 4. The van der Waals surface area contributed by atoms with Crippen LogP contribution in [0.1, 0.15) is 28.6 Å². The van der Waals surface area contributed by atoms with Gasteiger partial charge in [-0.2, -0.15) is 0 Å². The lowest BCUT2D eigenvalue weighted by Gasteiger charge is -2.19. The number of hydrogen-bond donors (Lipinski definition) is 1. The molecule has 1 atom stereocenters. The second-order valence-corrected chi connectivity index (χ2v) is 7.07. The number of rotatable bonds is 5. The van der Waals surface area contributed by atoms with Crippen LogP contribution in [0.4, 0.5) is 5.69 Å². The highest BCUT2D eigenvalue weighted by Gasteiger charge is 2.22. The summed E-state index contributed by atoms with van der Waals surface area (Å²) in [4.78, 5) is 0. The molecular weight excluding hydrogens is 370 g/mol. The smallest absolute Gasteiger partial charge is 0.249 e. The molecule has 1 aromatic heterocycles. The Balaban J connectivity index is 1.75. The maximum absolute atomic E-state index is 6.29. The van der Waals surface area contributed by atoms with Crippen LogP contribution in [0.2, 0.25) is 5.02 Å². The highest BCUT2D eigenvalue weighted by molar-refractivity contribution is 6.33. The number of aromatic nitrogens is 2. The molecule has 0 fully saturated rings. The minimum absolute atomic E-state index is 0.273. The van der Waals surface area contributed by atoms with Gasteiger partial charge in [-0.25, -0.2) is 0 Å². The van der Waals surface area contributed by atoms with Gasteiger partial charge < -0.3 is 9.73 Å². The summed E-state index contributed by atoms with van der Waals surface area (Å²) in [5.41, 5.74) is 5.21. The maximum Gasteiger partial charge on any atom is 0.249 e. The number of benzene rings is 3. The van der Waals surface area contributed by atoms with E-state index in [1.807, 2.05) is 60.7 Å². The van der Waals surface area contributed by atoms with Crippen LogP contribution >= 0.6 is 11.6 Å². The Morgan fingerprint density at radius 2 is 1.61 bits per heavy atom. The molecule has 0 saturated carbocycles. The Morgan fingerprint density at radius 1 is 0.857 bits per heavy atom. The minimum Gasteiger partial charge on any atom is -0.418 e. The van der Waals surface area contributed by atoms with Gasteiger partial charge in [0.05, 0.1) is 10.6 Å². The van der Waals surface area contributed by atoms with Gasteiger partial charge in [0, 0.05) is 5.69 Å². The lowest BCUT2D eigenvalue weighted by Crippen LogP contribution is -2.14. The predicted octanol–water partition coefficient (Wildman–Crippen LogP) is 6.21. The van der Waals surface area contributed by atoms with Crippen molar-refractivity contribution in [1.82, 2.24) is 10.2 Å². The Morgan fingerprint density at radius 3 is 2.39 bits per heavy atom. The van der Waals surface area contributed by atoms with Gasteiger partial charge in [-0.05, 0) is 48.7 Å². The molecule has 0 aliphatic carbocycles. The molecule has 0 amide bonds. The van der Waals surface area contributed by atoms with Crippen molar-refractivity contribution in [2.75, 3.05) is 5.32 Å². The van der Waals surface area contributed by atoms with Crippen molar-refractivity contribution in [3.63, 3.8) is 0 Å². The second-order valence-electron chi connectivity index (χ2n) is 6.66. The first kappa shape index (κ1) is 18.3. The fraction of sp³-hybridized carbons (Fsp3) is 0.130. The quantitative estimate of drug-likeness (QED) is 0.441. The molecule has 3 aromatic carbocycles. The van der Waals surface area contributed by atoms with E-state index in [1.54, 1.807) is 0 Å². The number of halogens is 1. The molecule has 5 heteroatoms. The van der Waals surface area contributed by atoms with Crippen molar-refractivity contribution in [3.8, 4) is 11.5 Å². The van der Waals surface area contributed by atoms with Gasteiger partial charge in [-0.15, -0.1) is 10.2 Å². The molecule has 4 nitrogen and oxygen atoms in total. The van der Waals surface area contributed by atoms with Crippen LogP contribution < -0.4 is 5.32 Å². The molecule has 0 aliphatic heterocycles. The number of nitrogens with zero attached hydrogens (tertiary/aromatic N) is 2. The molecule has 28 heavy (non-hydrogen) atoms. The van der Waals surface area contributed by atoms with E-state index in [-0.39, 0.29) is 6.04 Å². The van der Waals surface area contributed by atoms with Gasteiger partial charge in [0.25, 0.3) is 0 Å². The average Bonchev–Trinajstić information content (AvgIpc) is 3.20. The minimum atomic E-state index is -0.273. The van der Waals surface area contributed by atoms with E-state index >= 15 is 0 Å². The summed E-state index contributed by atoms with van der Waals surface area (Å²) in [5, 5.41) is 12.7. The summed E-state index contributed by atoms with van der Waals surface area (Å²) in [5.74, 6) is 0.895. The van der Waals surface area contributed by atoms with Crippen LogP contribution in [0, 0.1) is 13.8 Å². The largest absolute Gasteiger partial charge is 0.418 e. The highest BCUT2D eigenvalue weighted by atomic mass is 35.5. The zero-order valence-electron chi connectivity index (χ0n) is 15.7. The zero-order chi connectivity index (χ0) is 19.5. The van der Waals surface area contributed by atoms with Crippen LogP contribution in [0.25, 0.3) is 11.5 Å². The normalized spacial score (nSPS) is 12.0. The van der Waals surface area contributed by atoms with Crippen molar-refractivity contribution in [2.45, 2.75) is 19.9 Å². The van der Waals surface area contributed by atoms with E-state index in [9.17, 15) is 0 Å². The lowest BCUT2D eigenvalue weighted by atomic mass is 10.0. The Kier molecular flexibility index (Phi) is 5.13. The van der Waals surface area contributed by atoms with Gasteiger partial charge in [0.1, 0.15) is 6.04 Å². The Bertz CT molecular complexity index is 1090. The average molecular weight is 390 g/mol. The summed E-state index contributed by atoms with van der Waals surface area (Å²) in [6.45, 7) is 4.20. The summed E-state index contributed by atoms with van der Waals surface area (Å²) < 4.78 is 6.04. The Hall–Kier alpha value is -3.11. The summed E-state index contributed by atoms with van der Waals surface area (Å²) in [6.07, 6.45) is 0. The van der Waals surface area contributed by atoms with Crippen molar-refractivity contribution >= 4 is 17.3 Å². The van der Waals surface area contributed by atoms with Crippen molar-refractivity contribution in [1.29, 1.82) is 0 Å². The van der Waals surface area contributed by atoms with Crippen LogP contribution in [0.15, 0.2) is 77.2 Å². The molecule has 0 aliphatic rings. The SMILES string of the molecule is Cc1cccc(N[C@@H](c2ccccc2)c2nnc(-c3ccccc3Cl)o2)c1C. The van der Waals surface area contributed by atoms with Gasteiger partial charge >= 0.3 is 0 Å². The molecular formula is C23H20ClN3O. The van der Waals surface area contributed by atoms with Crippen LogP contribution in [0.3, 0.4) is 0 Å². The second kappa shape index (κ2) is 7.87. The first-order chi connectivity index (χ1) is 13.6. The van der Waals surface area contributed by atoms with Crippen LogP contribution in [0.5, 0.6) is 0 Å². The highest BCUT2D eigenvalue weighted by Crippen LogP contribution is 2.32. The van der Waals surface area contributed by atoms with E-state index in [0.717, 1.165) is 16.8 Å². The molecule has 0 saturated heterocycles. The van der Waals surface area contributed by atoms with Crippen molar-refractivity contribution in [3.05, 3.63) is 100 Å².